The second-order valence-corrected chi connectivity index (χ2v) is 10.4. The van der Waals surface area contributed by atoms with Crippen molar-refractivity contribution in [3.8, 4) is 11.3 Å². The van der Waals surface area contributed by atoms with E-state index in [0.717, 1.165) is 29.5 Å². The molecule has 0 aliphatic carbocycles. The van der Waals surface area contributed by atoms with Crippen molar-refractivity contribution in [2.45, 2.75) is 56.3 Å². The van der Waals surface area contributed by atoms with Crippen LogP contribution in [-0.4, -0.2) is 56.9 Å². The van der Waals surface area contributed by atoms with Crippen LogP contribution in [0.2, 0.25) is 0 Å². The van der Waals surface area contributed by atoms with E-state index >= 15 is 0 Å². The van der Waals surface area contributed by atoms with Crippen LogP contribution >= 0.6 is 11.8 Å². The average Bonchev–Trinajstić information content (AvgIpc) is 3.20. The molecule has 0 spiro atoms. The number of H-pyrrole nitrogens is 1. The number of hydrogen-bond donors (Lipinski definition) is 2. The van der Waals surface area contributed by atoms with Crippen molar-refractivity contribution >= 4 is 34.7 Å². The third-order valence-corrected chi connectivity index (χ3v) is 6.37. The van der Waals surface area contributed by atoms with Gasteiger partial charge in [0.25, 0.3) is 0 Å². The van der Waals surface area contributed by atoms with Gasteiger partial charge >= 0.3 is 12.3 Å². The number of likely N-dealkylation sites (tertiary alicyclic amines) is 1. The zero-order chi connectivity index (χ0) is 25.4. The van der Waals surface area contributed by atoms with Gasteiger partial charge in [0, 0.05) is 52.9 Å². The zero-order valence-corrected chi connectivity index (χ0v) is 20.8. The highest BCUT2D eigenvalue weighted by Gasteiger charge is 2.36. The fourth-order valence-corrected chi connectivity index (χ4v) is 4.50. The van der Waals surface area contributed by atoms with E-state index in [0.29, 0.717) is 24.0 Å². The van der Waals surface area contributed by atoms with Crippen LogP contribution < -0.4 is 5.32 Å². The number of nitrogens with zero attached hydrogens (tertiary/aromatic N) is 3. The van der Waals surface area contributed by atoms with Gasteiger partial charge in [-0.05, 0) is 52.0 Å². The van der Waals surface area contributed by atoms with Crippen molar-refractivity contribution in [2.75, 3.05) is 24.7 Å². The van der Waals surface area contributed by atoms with E-state index in [-0.39, 0.29) is 17.7 Å². The van der Waals surface area contributed by atoms with Gasteiger partial charge in [-0.25, -0.2) is 14.8 Å². The molecule has 0 radical (unpaired) electrons. The number of amides is 1. The molecule has 2 N–H and O–H groups in total. The minimum Gasteiger partial charge on any atom is -0.444 e. The lowest BCUT2D eigenvalue weighted by molar-refractivity contribution is -0.137. The van der Waals surface area contributed by atoms with Crippen molar-refractivity contribution < 1.29 is 22.7 Å². The molecule has 3 aromatic rings. The number of anilines is 1. The first-order chi connectivity index (χ1) is 16.4. The van der Waals surface area contributed by atoms with Crippen LogP contribution in [0.3, 0.4) is 0 Å². The number of alkyl halides is 3. The summed E-state index contributed by atoms with van der Waals surface area (Å²) in [5, 5.41) is 3.77. The van der Waals surface area contributed by atoms with E-state index in [1.807, 2.05) is 18.4 Å². The standard InChI is InChI=1S/C24H28F3N5O2S/c1-23(2,3)34-22(33)32-9-5-6-14(13-32)30-21-29-12-18(24(25,26)27)20(31-21)17-11-28-19-10-15(35-4)7-8-16(17)19/h7-8,10-12,14,28H,5-6,9,13H2,1-4H3,(H,29,30,31). The Kier molecular flexibility index (Phi) is 6.90. The van der Waals surface area contributed by atoms with E-state index in [1.165, 1.54) is 0 Å². The fraction of sp³-hybridized carbons (Fsp3) is 0.458. The number of thioether (sulfide) groups is 1. The summed E-state index contributed by atoms with van der Waals surface area (Å²) in [4.78, 5) is 26.4. The summed E-state index contributed by atoms with van der Waals surface area (Å²) in [6.07, 6.45) is 0.712. The van der Waals surface area contributed by atoms with Gasteiger partial charge in [-0.3, -0.25) is 0 Å². The molecular formula is C24H28F3N5O2S. The second kappa shape index (κ2) is 9.60. The third-order valence-electron chi connectivity index (χ3n) is 5.64. The third kappa shape index (κ3) is 5.83. The molecule has 1 atom stereocenters. The Hall–Kier alpha value is -2.95. The number of halogens is 3. The van der Waals surface area contributed by atoms with Crippen LogP contribution in [0.1, 0.15) is 39.2 Å². The average molecular weight is 508 g/mol. The quantitative estimate of drug-likeness (QED) is 0.411. The van der Waals surface area contributed by atoms with Crippen LogP contribution in [0, 0.1) is 0 Å². The Balaban J connectivity index is 1.62. The van der Waals surface area contributed by atoms with Gasteiger partial charge in [0.1, 0.15) is 11.2 Å². The molecule has 35 heavy (non-hydrogen) atoms. The van der Waals surface area contributed by atoms with E-state index in [9.17, 15) is 18.0 Å². The summed E-state index contributed by atoms with van der Waals surface area (Å²) in [7, 11) is 0. The predicted octanol–water partition coefficient (Wildman–Crippen LogP) is 6.18. The lowest BCUT2D eigenvalue weighted by Crippen LogP contribution is -2.47. The Bertz CT molecular complexity index is 1220. The largest absolute Gasteiger partial charge is 0.444 e. The Morgan fingerprint density at radius 1 is 1.29 bits per heavy atom. The first kappa shape index (κ1) is 25.2. The maximum Gasteiger partial charge on any atom is 0.419 e. The van der Waals surface area contributed by atoms with Gasteiger partial charge in [-0.15, -0.1) is 11.8 Å². The number of hydrogen-bond acceptors (Lipinski definition) is 6. The summed E-state index contributed by atoms with van der Waals surface area (Å²) in [6, 6.07) is 5.34. The highest BCUT2D eigenvalue weighted by Crippen LogP contribution is 2.39. The molecule has 11 heteroatoms. The van der Waals surface area contributed by atoms with Crippen molar-refractivity contribution in [3.05, 3.63) is 36.2 Å². The number of benzene rings is 1. The molecule has 0 saturated carbocycles. The Labute approximate surface area is 205 Å². The second-order valence-electron chi connectivity index (χ2n) is 9.48. The number of carbonyl (C=O) groups excluding carboxylic acids is 1. The van der Waals surface area contributed by atoms with Crippen molar-refractivity contribution in [1.82, 2.24) is 19.9 Å². The molecule has 3 heterocycles. The van der Waals surface area contributed by atoms with Gasteiger partial charge in [0.05, 0.1) is 5.69 Å². The van der Waals surface area contributed by atoms with Crippen molar-refractivity contribution in [1.29, 1.82) is 0 Å². The molecule has 1 aliphatic rings. The molecule has 1 aromatic carbocycles. The van der Waals surface area contributed by atoms with E-state index in [4.69, 9.17) is 4.74 Å². The van der Waals surface area contributed by atoms with E-state index in [2.05, 4.69) is 20.3 Å². The number of aromatic nitrogens is 3. The molecule has 1 aliphatic heterocycles. The molecular weight excluding hydrogens is 479 g/mol. The van der Waals surface area contributed by atoms with Gasteiger partial charge < -0.3 is 19.9 Å². The summed E-state index contributed by atoms with van der Waals surface area (Å²) in [5.74, 6) is 0.0825. The number of aromatic amines is 1. The molecule has 1 amide bonds. The molecule has 1 fully saturated rings. The van der Waals surface area contributed by atoms with E-state index in [1.54, 1.807) is 49.7 Å². The van der Waals surface area contributed by atoms with Gasteiger partial charge in [0.15, 0.2) is 0 Å². The van der Waals surface area contributed by atoms with Crippen molar-refractivity contribution in [2.24, 2.45) is 0 Å². The van der Waals surface area contributed by atoms with Gasteiger partial charge in [-0.2, -0.15) is 13.2 Å². The van der Waals surface area contributed by atoms with Crippen molar-refractivity contribution in [3.63, 3.8) is 0 Å². The van der Waals surface area contributed by atoms with Crippen LogP contribution in [-0.2, 0) is 10.9 Å². The first-order valence-corrected chi connectivity index (χ1v) is 12.5. The van der Waals surface area contributed by atoms with Gasteiger partial charge in [0.2, 0.25) is 5.95 Å². The van der Waals surface area contributed by atoms with Crippen LogP contribution in [0.15, 0.2) is 35.5 Å². The number of nitrogens with one attached hydrogen (secondary N) is 2. The SMILES string of the molecule is CSc1ccc2c(-c3nc(NC4CCCN(C(=O)OC(C)(C)C)C4)ncc3C(F)(F)F)c[nH]c2c1. The van der Waals surface area contributed by atoms with Gasteiger partial charge in [-0.1, -0.05) is 6.07 Å². The lowest BCUT2D eigenvalue weighted by atomic mass is 10.1. The van der Waals surface area contributed by atoms with Crippen LogP contribution in [0.25, 0.3) is 22.2 Å². The maximum absolute atomic E-state index is 13.9. The number of fused-ring (bicyclic) bond motifs is 1. The molecule has 7 nitrogen and oxygen atoms in total. The van der Waals surface area contributed by atoms with Crippen LogP contribution in [0.4, 0.5) is 23.9 Å². The monoisotopic (exact) mass is 507 g/mol. The Morgan fingerprint density at radius 2 is 2.06 bits per heavy atom. The lowest BCUT2D eigenvalue weighted by Gasteiger charge is -2.34. The topological polar surface area (TPSA) is 83.1 Å². The summed E-state index contributed by atoms with van der Waals surface area (Å²) in [6.45, 7) is 6.30. The number of carbonyl (C=O) groups is 1. The molecule has 1 saturated heterocycles. The maximum atomic E-state index is 13.9. The molecule has 2 aromatic heterocycles. The first-order valence-electron chi connectivity index (χ1n) is 11.3. The normalized spacial score (nSPS) is 17.0. The Morgan fingerprint density at radius 3 is 2.74 bits per heavy atom. The minimum atomic E-state index is -4.62. The number of piperidine rings is 1. The number of rotatable bonds is 4. The van der Waals surface area contributed by atoms with E-state index < -0.39 is 23.4 Å². The predicted molar refractivity (Wildman–Crippen MR) is 131 cm³/mol. The molecule has 4 rings (SSSR count). The highest BCUT2D eigenvalue weighted by molar-refractivity contribution is 7.98. The minimum absolute atomic E-state index is 0.0825. The molecule has 1 unspecified atom stereocenters. The van der Waals surface area contributed by atoms with Crippen LogP contribution in [0.5, 0.6) is 0 Å². The highest BCUT2D eigenvalue weighted by atomic mass is 32.2. The summed E-state index contributed by atoms with van der Waals surface area (Å²) < 4.78 is 47.0. The zero-order valence-electron chi connectivity index (χ0n) is 20.0. The fourth-order valence-electron chi connectivity index (χ4n) is 4.06. The smallest absolute Gasteiger partial charge is 0.419 e. The summed E-state index contributed by atoms with van der Waals surface area (Å²) >= 11 is 1.55. The molecule has 0 bridgehead atoms. The number of ether oxygens (including phenoxy) is 1. The summed E-state index contributed by atoms with van der Waals surface area (Å²) in [5.41, 5.74) is -0.633. The molecule has 188 valence electrons.